The topological polar surface area (TPSA) is 84.3 Å². The van der Waals surface area contributed by atoms with Gasteiger partial charge in [0.25, 0.3) is 15.9 Å². The van der Waals surface area contributed by atoms with Crippen molar-refractivity contribution in [2.24, 2.45) is 0 Å². The summed E-state index contributed by atoms with van der Waals surface area (Å²) < 4.78 is 29.9. The lowest BCUT2D eigenvalue weighted by Gasteiger charge is -2.24. The lowest BCUT2D eigenvalue weighted by Crippen LogP contribution is -2.31. The molecule has 1 N–H and O–H groups in total. The summed E-state index contributed by atoms with van der Waals surface area (Å²) >= 11 is 6.31. The molecular weight excluding hydrogens is 460 g/mol. The molecule has 0 atom stereocenters. The Bertz CT molecular complexity index is 1220. The third-order valence-electron chi connectivity index (χ3n) is 5.93. The Morgan fingerprint density at radius 3 is 2.55 bits per heavy atom. The minimum absolute atomic E-state index is 0.00328. The molecule has 0 bridgehead atoms. The van der Waals surface area contributed by atoms with Gasteiger partial charge in [0.15, 0.2) is 0 Å². The minimum atomic E-state index is -3.89. The molecule has 3 aromatic rings. The lowest BCUT2D eigenvalue weighted by molar-refractivity contribution is 0.102. The number of aromatic nitrogens is 2. The van der Waals surface area contributed by atoms with Gasteiger partial charge in [-0.3, -0.25) is 9.10 Å². The first kappa shape index (κ1) is 23.3. The molecule has 2 aromatic carbocycles. The van der Waals surface area contributed by atoms with E-state index >= 15 is 0 Å². The molecule has 1 aliphatic carbocycles. The predicted molar refractivity (Wildman–Crippen MR) is 130 cm³/mol. The molecule has 1 amide bonds. The first-order valence-corrected chi connectivity index (χ1v) is 13.0. The molecule has 4 rings (SSSR count). The van der Waals surface area contributed by atoms with Crippen molar-refractivity contribution in [3.8, 4) is 0 Å². The molecule has 174 valence electrons. The van der Waals surface area contributed by atoms with Crippen molar-refractivity contribution in [2.45, 2.75) is 50.0 Å². The standard InChI is InChI=1S/C24H27ClN4O3S/c1-2-28(18-9-5-3-6-10-18)33(31,32)20-13-14-22(25)21(17-20)24(30)27-23-15-16-26-29(23)19-11-7-4-8-12-19/h3,5-6,9-10,13-17,19H,2,4,7-8,11-12H2,1H3,(H,27,30). The summed E-state index contributed by atoms with van der Waals surface area (Å²) in [7, 11) is -3.89. The van der Waals surface area contributed by atoms with Crippen LogP contribution in [0.5, 0.6) is 0 Å². The number of halogens is 1. The summed E-state index contributed by atoms with van der Waals surface area (Å²) in [5.41, 5.74) is 0.649. The predicted octanol–water partition coefficient (Wildman–Crippen LogP) is 5.51. The van der Waals surface area contributed by atoms with Crippen LogP contribution in [0.25, 0.3) is 0 Å². The molecule has 0 aliphatic heterocycles. The Hall–Kier alpha value is -2.84. The van der Waals surface area contributed by atoms with Crippen molar-refractivity contribution >= 4 is 39.0 Å². The monoisotopic (exact) mass is 486 g/mol. The maximum Gasteiger partial charge on any atom is 0.264 e. The van der Waals surface area contributed by atoms with Gasteiger partial charge in [0.05, 0.1) is 33.4 Å². The van der Waals surface area contributed by atoms with Crippen LogP contribution in [-0.2, 0) is 10.0 Å². The number of rotatable bonds is 7. The highest BCUT2D eigenvalue weighted by atomic mass is 35.5. The highest BCUT2D eigenvalue weighted by Crippen LogP contribution is 2.31. The summed E-state index contributed by atoms with van der Waals surface area (Å²) in [5, 5.41) is 7.45. The molecule has 1 fully saturated rings. The smallest absolute Gasteiger partial charge is 0.264 e. The molecule has 0 saturated heterocycles. The van der Waals surface area contributed by atoms with Gasteiger partial charge in [-0.1, -0.05) is 49.1 Å². The molecule has 1 saturated carbocycles. The summed E-state index contributed by atoms with van der Waals surface area (Å²) in [6.45, 7) is 2.01. The highest BCUT2D eigenvalue weighted by molar-refractivity contribution is 7.92. The van der Waals surface area contributed by atoms with Crippen molar-refractivity contribution in [3.63, 3.8) is 0 Å². The minimum Gasteiger partial charge on any atom is -0.307 e. The fraction of sp³-hybridized carbons (Fsp3) is 0.333. The average Bonchev–Trinajstić information content (AvgIpc) is 3.29. The quantitative estimate of drug-likeness (QED) is 0.477. The van der Waals surface area contributed by atoms with Crippen LogP contribution in [-0.4, -0.2) is 30.7 Å². The third-order valence-corrected chi connectivity index (χ3v) is 8.16. The van der Waals surface area contributed by atoms with Gasteiger partial charge in [-0.15, -0.1) is 0 Å². The van der Waals surface area contributed by atoms with Crippen molar-refractivity contribution in [3.05, 3.63) is 71.4 Å². The number of anilines is 2. The summed E-state index contributed by atoms with van der Waals surface area (Å²) in [6, 6.07) is 15.0. The zero-order valence-corrected chi connectivity index (χ0v) is 20.0. The van der Waals surface area contributed by atoms with Gasteiger partial charge in [-0.25, -0.2) is 13.1 Å². The van der Waals surface area contributed by atoms with E-state index in [1.807, 2.05) is 10.7 Å². The Kier molecular flexibility index (Phi) is 7.05. The van der Waals surface area contributed by atoms with Crippen LogP contribution in [0.4, 0.5) is 11.5 Å². The molecule has 33 heavy (non-hydrogen) atoms. The van der Waals surface area contributed by atoms with Gasteiger partial charge >= 0.3 is 0 Å². The third kappa shape index (κ3) is 4.91. The van der Waals surface area contributed by atoms with Crippen LogP contribution in [0.3, 0.4) is 0 Å². The average molecular weight is 487 g/mol. The largest absolute Gasteiger partial charge is 0.307 e. The number of amides is 1. The van der Waals surface area contributed by atoms with E-state index in [0.29, 0.717) is 11.5 Å². The number of nitrogens with zero attached hydrogens (tertiary/aromatic N) is 3. The summed E-state index contributed by atoms with van der Waals surface area (Å²) in [4.78, 5) is 13.1. The van der Waals surface area contributed by atoms with E-state index in [0.717, 1.165) is 25.7 Å². The number of hydrogen-bond acceptors (Lipinski definition) is 4. The molecule has 9 heteroatoms. The summed E-state index contributed by atoms with van der Waals surface area (Å²) in [6.07, 6.45) is 7.19. The number of hydrogen-bond donors (Lipinski definition) is 1. The molecule has 0 spiro atoms. The Morgan fingerprint density at radius 1 is 1.12 bits per heavy atom. The van der Waals surface area contributed by atoms with E-state index in [1.165, 1.54) is 28.9 Å². The second kappa shape index (κ2) is 9.97. The molecule has 7 nitrogen and oxygen atoms in total. The Labute approximate surface area is 199 Å². The van der Waals surface area contributed by atoms with E-state index in [9.17, 15) is 13.2 Å². The maximum atomic E-state index is 13.4. The van der Waals surface area contributed by atoms with Crippen LogP contribution < -0.4 is 9.62 Å². The van der Waals surface area contributed by atoms with Crippen LogP contribution in [0.2, 0.25) is 5.02 Å². The molecular formula is C24H27ClN4O3S. The lowest BCUT2D eigenvalue weighted by atomic mass is 9.96. The fourth-order valence-corrected chi connectivity index (χ4v) is 5.97. The first-order chi connectivity index (χ1) is 15.9. The van der Waals surface area contributed by atoms with Crippen LogP contribution in [0, 0.1) is 0 Å². The number of benzene rings is 2. The van der Waals surface area contributed by atoms with Crippen molar-refractivity contribution in [2.75, 3.05) is 16.2 Å². The van der Waals surface area contributed by atoms with Gasteiger partial charge in [-0.05, 0) is 50.1 Å². The van der Waals surface area contributed by atoms with E-state index in [1.54, 1.807) is 43.5 Å². The first-order valence-electron chi connectivity index (χ1n) is 11.1. The molecule has 0 unspecified atom stereocenters. The van der Waals surface area contributed by atoms with E-state index in [2.05, 4.69) is 10.4 Å². The van der Waals surface area contributed by atoms with Gasteiger partial charge in [-0.2, -0.15) is 5.10 Å². The zero-order valence-electron chi connectivity index (χ0n) is 18.4. The SMILES string of the molecule is CCN(c1ccccc1)S(=O)(=O)c1ccc(Cl)c(C(=O)Nc2ccnn2C2CCCCC2)c1. The van der Waals surface area contributed by atoms with Gasteiger partial charge in [0, 0.05) is 12.6 Å². The Balaban J connectivity index is 1.61. The normalized spacial score (nSPS) is 14.7. The second-order valence-corrected chi connectivity index (χ2v) is 10.3. The van der Waals surface area contributed by atoms with Crippen LogP contribution in [0.1, 0.15) is 55.4 Å². The second-order valence-electron chi connectivity index (χ2n) is 8.05. The Morgan fingerprint density at radius 2 is 1.85 bits per heavy atom. The van der Waals surface area contributed by atoms with E-state index in [-0.39, 0.29) is 28.1 Å². The van der Waals surface area contributed by atoms with Crippen LogP contribution >= 0.6 is 11.6 Å². The van der Waals surface area contributed by atoms with Gasteiger partial charge in [0.2, 0.25) is 0 Å². The van der Waals surface area contributed by atoms with Crippen molar-refractivity contribution in [1.82, 2.24) is 9.78 Å². The number of nitrogens with one attached hydrogen (secondary N) is 1. The van der Waals surface area contributed by atoms with Gasteiger partial charge in [0.1, 0.15) is 5.82 Å². The molecule has 1 aromatic heterocycles. The zero-order chi connectivity index (χ0) is 23.4. The van der Waals surface area contributed by atoms with Crippen LogP contribution in [0.15, 0.2) is 65.7 Å². The number of carbonyl (C=O) groups excluding carboxylic acids is 1. The fourth-order valence-electron chi connectivity index (χ4n) is 4.27. The number of sulfonamides is 1. The molecule has 1 heterocycles. The summed E-state index contributed by atoms with van der Waals surface area (Å²) in [5.74, 6) is 0.105. The molecule has 1 aliphatic rings. The van der Waals surface area contributed by atoms with Gasteiger partial charge < -0.3 is 5.32 Å². The number of carbonyl (C=O) groups is 1. The van der Waals surface area contributed by atoms with E-state index in [4.69, 9.17) is 11.6 Å². The molecule has 0 radical (unpaired) electrons. The van der Waals surface area contributed by atoms with E-state index < -0.39 is 15.9 Å². The van der Waals surface area contributed by atoms with Crippen molar-refractivity contribution < 1.29 is 13.2 Å². The van der Waals surface area contributed by atoms with Crippen molar-refractivity contribution in [1.29, 1.82) is 0 Å². The maximum absolute atomic E-state index is 13.4. The number of para-hydroxylation sites is 1. The highest BCUT2D eigenvalue weighted by Gasteiger charge is 2.26.